The molecule has 0 atom stereocenters. The first kappa shape index (κ1) is 11.1. The van der Waals surface area contributed by atoms with Gasteiger partial charge in [0.05, 0.1) is 0 Å². The maximum absolute atomic E-state index is 10.7. The van der Waals surface area contributed by atoms with Crippen molar-refractivity contribution in [3.05, 3.63) is 0 Å². The third-order valence-corrected chi connectivity index (χ3v) is 1.55. The minimum Gasteiger partial charge on any atom is -0.411 e. The molecule has 0 unspecified atom stereocenters. The van der Waals surface area contributed by atoms with E-state index < -0.39 is 0 Å². The Hall–Kier alpha value is -0.900. The second-order valence-electron chi connectivity index (χ2n) is 3.01. The first-order valence-electron chi connectivity index (χ1n) is 3.94. The second-order valence-corrected chi connectivity index (χ2v) is 3.01. The molecule has 4 nitrogen and oxygen atoms in total. The fraction of sp³-hybridized carbons (Fsp3) is 0.750. The lowest BCUT2D eigenvalue weighted by molar-refractivity contribution is -0.111. The van der Waals surface area contributed by atoms with Gasteiger partial charge in [0.25, 0.3) is 0 Å². The summed E-state index contributed by atoms with van der Waals surface area (Å²) >= 11 is 0. The molecule has 70 valence electrons. The van der Waals surface area contributed by atoms with Crippen LogP contribution < -0.4 is 0 Å². The van der Waals surface area contributed by atoms with Crippen LogP contribution in [0.5, 0.6) is 0 Å². The van der Waals surface area contributed by atoms with Gasteiger partial charge in [0.15, 0.2) is 5.78 Å². The third kappa shape index (κ3) is 4.85. The summed E-state index contributed by atoms with van der Waals surface area (Å²) in [7, 11) is 3.92. The number of Topliss-reactive ketones (excluding diaryl/α,β-unsaturated/α-hetero) is 1. The number of hydrogen-bond donors (Lipinski definition) is 1. The quantitative estimate of drug-likeness (QED) is 0.378. The van der Waals surface area contributed by atoms with Gasteiger partial charge in [0.1, 0.15) is 5.71 Å². The molecule has 0 rings (SSSR count). The minimum atomic E-state index is -0.156. The van der Waals surface area contributed by atoms with Crippen LogP contribution in [0.1, 0.15) is 19.8 Å². The van der Waals surface area contributed by atoms with Gasteiger partial charge in [-0.05, 0) is 33.5 Å². The van der Waals surface area contributed by atoms with Crippen molar-refractivity contribution in [1.29, 1.82) is 0 Å². The molecule has 0 aromatic heterocycles. The van der Waals surface area contributed by atoms with Gasteiger partial charge in [0, 0.05) is 6.92 Å². The average Bonchev–Trinajstić information content (AvgIpc) is 1.96. The lowest BCUT2D eigenvalue weighted by atomic mass is 10.1. The van der Waals surface area contributed by atoms with E-state index in [9.17, 15) is 4.79 Å². The lowest BCUT2D eigenvalue weighted by Crippen LogP contribution is -2.16. The van der Waals surface area contributed by atoms with Crippen LogP contribution in [0.2, 0.25) is 0 Å². The topological polar surface area (TPSA) is 52.9 Å². The van der Waals surface area contributed by atoms with Crippen LogP contribution >= 0.6 is 0 Å². The highest BCUT2D eigenvalue weighted by Gasteiger charge is 2.05. The fourth-order valence-corrected chi connectivity index (χ4v) is 0.859. The van der Waals surface area contributed by atoms with Crippen molar-refractivity contribution in [2.24, 2.45) is 5.16 Å². The molecule has 12 heavy (non-hydrogen) atoms. The zero-order valence-electron chi connectivity index (χ0n) is 7.87. The Balaban J connectivity index is 3.68. The van der Waals surface area contributed by atoms with E-state index in [1.165, 1.54) is 6.92 Å². The Labute approximate surface area is 72.9 Å². The molecule has 0 amide bonds. The van der Waals surface area contributed by atoms with Crippen LogP contribution in [0.25, 0.3) is 0 Å². The second kappa shape index (κ2) is 5.71. The number of rotatable bonds is 5. The molecule has 0 aliphatic heterocycles. The van der Waals surface area contributed by atoms with Gasteiger partial charge >= 0.3 is 0 Å². The van der Waals surface area contributed by atoms with Gasteiger partial charge in [-0.15, -0.1) is 0 Å². The molecule has 0 heterocycles. The molecule has 0 aliphatic rings. The van der Waals surface area contributed by atoms with Gasteiger partial charge in [-0.2, -0.15) is 0 Å². The summed E-state index contributed by atoms with van der Waals surface area (Å²) in [5.74, 6) is -0.156. The number of hydrogen-bond acceptors (Lipinski definition) is 4. The summed E-state index contributed by atoms with van der Waals surface area (Å²) in [6.45, 7) is 2.30. The van der Waals surface area contributed by atoms with Gasteiger partial charge in [-0.1, -0.05) is 5.16 Å². The van der Waals surface area contributed by atoms with E-state index in [1.807, 2.05) is 19.0 Å². The molecule has 0 radical (unpaired) electrons. The van der Waals surface area contributed by atoms with Crippen LogP contribution in [0.3, 0.4) is 0 Å². The highest BCUT2D eigenvalue weighted by Crippen LogP contribution is 1.95. The van der Waals surface area contributed by atoms with E-state index in [4.69, 9.17) is 5.21 Å². The molecule has 0 aromatic rings. The van der Waals surface area contributed by atoms with Crippen LogP contribution in [0.15, 0.2) is 5.16 Å². The van der Waals surface area contributed by atoms with Crippen LogP contribution in [-0.2, 0) is 4.79 Å². The molecule has 0 saturated carbocycles. The number of ketones is 1. The molecule has 1 N–H and O–H groups in total. The summed E-state index contributed by atoms with van der Waals surface area (Å²) in [5.41, 5.74) is 0.261. The van der Waals surface area contributed by atoms with E-state index in [2.05, 4.69) is 5.16 Å². The maximum atomic E-state index is 10.7. The molecule has 4 heteroatoms. The number of carbonyl (C=O) groups is 1. The van der Waals surface area contributed by atoms with E-state index in [0.29, 0.717) is 6.42 Å². The lowest BCUT2D eigenvalue weighted by Gasteiger charge is -2.08. The summed E-state index contributed by atoms with van der Waals surface area (Å²) in [5, 5.41) is 11.3. The Morgan fingerprint density at radius 2 is 2.08 bits per heavy atom. The Bertz CT molecular complexity index is 176. The number of nitrogens with zero attached hydrogens (tertiary/aromatic N) is 2. The highest BCUT2D eigenvalue weighted by atomic mass is 16.4. The van der Waals surface area contributed by atoms with Crippen molar-refractivity contribution in [2.45, 2.75) is 19.8 Å². The third-order valence-electron chi connectivity index (χ3n) is 1.55. The van der Waals surface area contributed by atoms with Crippen molar-refractivity contribution in [3.8, 4) is 0 Å². The smallest absolute Gasteiger partial charge is 0.177 e. The molecule has 0 fully saturated rings. The van der Waals surface area contributed by atoms with Gasteiger partial charge in [-0.3, -0.25) is 4.79 Å². The molecular weight excluding hydrogens is 156 g/mol. The van der Waals surface area contributed by atoms with Crippen LogP contribution in [-0.4, -0.2) is 42.2 Å². The SMILES string of the molecule is CC(=O)C(CCCN(C)C)=NO. The Morgan fingerprint density at radius 1 is 1.50 bits per heavy atom. The first-order valence-corrected chi connectivity index (χ1v) is 3.94. The highest BCUT2D eigenvalue weighted by molar-refractivity contribution is 6.38. The predicted octanol–water partition coefficient (Wildman–Crippen LogP) is 0.747. The molecular formula is C8H16N2O2. The minimum absolute atomic E-state index is 0.156. The largest absolute Gasteiger partial charge is 0.411 e. The number of oxime groups is 1. The van der Waals surface area contributed by atoms with E-state index in [-0.39, 0.29) is 11.5 Å². The monoisotopic (exact) mass is 172 g/mol. The normalized spacial score (nSPS) is 12.2. The van der Waals surface area contributed by atoms with Crippen molar-refractivity contribution in [1.82, 2.24) is 4.90 Å². The van der Waals surface area contributed by atoms with Crippen LogP contribution in [0, 0.1) is 0 Å². The Kier molecular flexibility index (Phi) is 5.28. The van der Waals surface area contributed by atoms with Crippen molar-refractivity contribution in [3.63, 3.8) is 0 Å². The molecule has 0 aromatic carbocycles. The average molecular weight is 172 g/mol. The van der Waals surface area contributed by atoms with Crippen molar-refractivity contribution < 1.29 is 10.0 Å². The summed E-state index contributed by atoms with van der Waals surface area (Å²) in [6, 6.07) is 0. The molecule has 0 spiro atoms. The van der Waals surface area contributed by atoms with Gasteiger partial charge in [0.2, 0.25) is 0 Å². The molecule has 0 bridgehead atoms. The van der Waals surface area contributed by atoms with E-state index in [0.717, 1.165) is 13.0 Å². The predicted molar refractivity (Wildman–Crippen MR) is 47.7 cm³/mol. The standard InChI is InChI=1S/C8H16N2O2/c1-7(11)8(9-12)5-4-6-10(2)3/h12H,4-6H2,1-3H3. The van der Waals surface area contributed by atoms with Crippen molar-refractivity contribution >= 4 is 11.5 Å². The molecule has 0 aliphatic carbocycles. The maximum Gasteiger partial charge on any atom is 0.177 e. The summed E-state index contributed by atoms with van der Waals surface area (Å²) in [6.07, 6.45) is 1.38. The zero-order chi connectivity index (χ0) is 9.56. The van der Waals surface area contributed by atoms with Crippen molar-refractivity contribution in [2.75, 3.05) is 20.6 Å². The van der Waals surface area contributed by atoms with E-state index in [1.54, 1.807) is 0 Å². The Morgan fingerprint density at radius 3 is 2.42 bits per heavy atom. The van der Waals surface area contributed by atoms with Crippen LogP contribution in [0.4, 0.5) is 0 Å². The number of carbonyl (C=O) groups excluding carboxylic acids is 1. The van der Waals surface area contributed by atoms with E-state index >= 15 is 0 Å². The zero-order valence-corrected chi connectivity index (χ0v) is 7.87. The molecule has 0 saturated heterocycles. The van der Waals surface area contributed by atoms with Gasteiger partial charge < -0.3 is 10.1 Å². The summed E-state index contributed by atoms with van der Waals surface area (Å²) < 4.78 is 0. The first-order chi connectivity index (χ1) is 5.57. The summed E-state index contributed by atoms with van der Waals surface area (Å²) in [4.78, 5) is 12.8. The fourth-order valence-electron chi connectivity index (χ4n) is 0.859. The van der Waals surface area contributed by atoms with Gasteiger partial charge in [-0.25, -0.2) is 0 Å².